The summed E-state index contributed by atoms with van der Waals surface area (Å²) in [6, 6.07) is 15.7. The van der Waals surface area contributed by atoms with E-state index in [0.717, 1.165) is 42.9 Å². The first-order valence-electron chi connectivity index (χ1n) is 10.2. The highest BCUT2D eigenvalue weighted by Crippen LogP contribution is 2.27. The zero-order valence-corrected chi connectivity index (χ0v) is 17.8. The van der Waals surface area contributed by atoms with Crippen LogP contribution >= 0.6 is 0 Å². The fourth-order valence-electron chi connectivity index (χ4n) is 3.78. The summed E-state index contributed by atoms with van der Waals surface area (Å²) in [4.78, 5) is 14.8. The summed E-state index contributed by atoms with van der Waals surface area (Å²) in [5.74, 6) is 1.88. The molecule has 31 heavy (non-hydrogen) atoms. The molecule has 2 amide bonds. The fraction of sp³-hybridized carbons (Fsp3) is 0.304. The topological polar surface area (TPSA) is 91.5 Å². The second kappa shape index (κ2) is 9.53. The predicted molar refractivity (Wildman–Crippen MR) is 118 cm³/mol. The number of amides is 2. The van der Waals surface area contributed by atoms with E-state index in [-0.39, 0.29) is 6.03 Å². The lowest BCUT2D eigenvalue weighted by Crippen LogP contribution is -2.31. The first-order chi connectivity index (χ1) is 15.2. The summed E-state index contributed by atoms with van der Waals surface area (Å²) in [6.45, 7) is 2.97. The Hall–Kier alpha value is -3.52. The van der Waals surface area contributed by atoms with Gasteiger partial charge in [0.25, 0.3) is 0 Å². The van der Waals surface area contributed by atoms with Crippen LogP contribution in [-0.2, 0) is 26.1 Å². The molecule has 162 valence electrons. The van der Waals surface area contributed by atoms with E-state index in [4.69, 9.17) is 9.47 Å². The molecule has 1 aliphatic heterocycles. The molecule has 0 radical (unpaired) electrons. The third-order valence-corrected chi connectivity index (χ3v) is 5.39. The molecule has 0 saturated heterocycles. The quantitative estimate of drug-likeness (QED) is 0.544. The van der Waals surface area contributed by atoms with Gasteiger partial charge in [-0.25, -0.2) is 4.79 Å². The second-order valence-corrected chi connectivity index (χ2v) is 7.47. The molecule has 4 rings (SSSR count). The maximum Gasteiger partial charge on any atom is 0.320 e. The van der Waals surface area contributed by atoms with Crippen LogP contribution in [0.15, 0.2) is 48.5 Å². The highest BCUT2D eigenvalue weighted by molar-refractivity contribution is 5.89. The Morgan fingerprint density at radius 2 is 1.90 bits per heavy atom. The molecule has 2 heterocycles. The number of hydrogen-bond acceptors (Lipinski definition) is 5. The molecule has 0 aliphatic carbocycles. The van der Waals surface area contributed by atoms with E-state index in [1.54, 1.807) is 14.2 Å². The maximum atomic E-state index is 12.4. The Morgan fingerprint density at radius 3 is 2.68 bits per heavy atom. The van der Waals surface area contributed by atoms with Crippen LogP contribution in [0.5, 0.6) is 11.5 Å². The van der Waals surface area contributed by atoms with Crippen LogP contribution in [0.2, 0.25) is 0 Å². The Labute approximate surface area is 181 Å². The maximum absolute atomic E-state index is 12.4. The zero-order chi connectivity index (χ0) is 21.6. The number of H-pyrrole nitrogens is 1. The summed E-state index contributed by atoms with van der Waals surface area (Å²) in [7, 11) is 3.18. The van der Waals surface area contributed by atoms with E-state index in [1.165, 1.54) is 5.56 Å². The molecule has 2 aromatic carbocycles. The van der Waals surface area contributed by atoms with E-state index in [2.05, 4.69) is 50.0 Å². The molecule has 8 nitrogen and oxygen atoms in total. The number of ether oxygens (including phenoxy) is 2. The van der Waals surface area contributed by atoms with Gasteiger partial charge in [0.15, 0.2) is 17.3 Å². The number of nitrogens with zero attached hydrogens (tertiary/aromatic N) is 2. The van der Waals surface area contributed by atoms with Gasteiger partial charge in [0.1, 0.15) is 0 Å². The molecule has 0 unspecified atom stereocenters. The molecular formula is C23H27N5O3. The van der Waals surface area contributed by atoms with Crippen molar-refractivity contribution >= 4 is 11.8 Å². The van der Waals surface area contributed by atoms with Crippen LogP contribution in [0, 0.1) is 0 Å². The Balaban J connectivity index is 1.32. The summed E-state index contributed by atoms with van der Waals surface area (Å²) in [5.41, 5.74) is 4.33. The summed E-state index contributed by atoms with van der Waals surface area (Å²) in [6.07, 6.45) is 0.837. The molecule has 1 aromatic heterocycles. The summed E-state index contributed by atoms with van der Waals surface area (Å²) in [5, 5.41) is 13.1. The van der Waals surface area contributed by atoms with Gasteiger partial charge in [-0.05, 0) is 29.7 Å². The van der Waals surface area contributed by atoms with Crippen LogP contribution in [0.25, 0.3) is 0 Å². The van der Waals surface area contributed by atoms with Crippen LogP contribution < -0.4 is 20.1 Å². The fourth-order valence-corrected chi connectivity index (χ4v) is 3.78. The number of aromatic nitrogens is 2. The third-order valence-electron chi connectivity index (χ3n) is 5.39. The minimum atomic E-state index is -0.296. The van der Waals surface area contributed by atoms with Crippen molar-refractivity contribution in [2.45, 2.75) is 26.1 Å². The highest BCUT2D eigenvalue weighted by atomic mass is 16.5. The van der Waals surface area contributed by atoms with Crippen molar-refractivity contribution < 1.29 is 14.3 Å². The number of benzene rings is 2. The van der Waals surface area contributed by atoms with Crippen molar-refractivity contribution in [2.75, 3.05) is 26.1 Å². The first-order valence-corrected chi connectivity index (χ1v) is 10.2. The van der Waals surface area contributed by atoms with Crippen molar-refractivity contribution in [3.8, 4) is 11.5 Å². The zero-order valence-electron chi connectivity index (χ0n) is 17.8. The van der Waals surface area contributed by atoms with Crippen molar-refractivity contribution in [3.05, 3.63) is 70.9 Å². The monoisotopic (exact) mass is 421 g/mol. The minimum absolute atomic E-state index is 0.296. The number of urea groups is 1. The van der Waals surface area contributed by atoms with Gasteiger partial charge in [-0.3, -0.25) is 15.3 Å². The van der Waals surface area contributed by atoms with Crippen LogP contribution in [0.3, 0.4) is 0 Å². The lowest BCUT2D eigenvalue weighted by Gasteiger charge is -2.26. The SMILES string of the molecule is COc1ccc(CNC(=O)Nc2n[nH]c3c2CCN(Cc2ccccc2)C3)cc1OC. The molecule has 8 heteroatoms. The van der Waals surface area contributed by atoms with Crippen molar-refractivity contribution in [1.82, 2.24) is 20.4 Å². The molecule has 0 bridgehead atoms. The predicted octanol–water partition coefficient (Wildman–Crippen LogP) is 3.31. The van der Waals surface area contributed by atoms with Crippen molar-refractivity contribution in [1.29, 1.82) is 0 Å². The highest BCUT2D eigenvalue weighted by Gasteiger charge is 2.22. The average Bonchev–Trinajstić information content (AvgIpc) is 3.20. The van der Waals surface area contributed by atoms with Gasteiger partial charge in [-0.2, -0.15) is 5.10 Å². The van der Waals surface area contributed by atoms with Crippen LogP contribution in [-0.4, -0.2) is 41.9 Å². The van der Waals surface area contributed by atoms with E-state index >= 15 is 0 Å². The van der Waals surface area contributed by atoms with Crippen molar-refractivity contribution in [3.63, 3.8) is 0 Å². The van der Waals surface area contributed by atoms with E-state index in [0.29, 0.717) is 23.9 Å². The third kappa shape index (κ3) is 4.97. The second-order valence-electron chi connectivity index (χ2n) is 7.47. The number of carbonyl (C=O) groups excluding carboxylic acids is 1. The van der Waals surface area contributed by atoms with Gasteiger partial charge in [-0.1, -0.05) is 36.4 Å². The molecule has 1 aliphatic rings. The molecule has 0 fully saturated rings. The summed E-state index contributed by atoms with van der Waals surface area (Å²) >= 11 is 0. The Kier molecular flexibility index (Phi) is 6.37. The normalized spacial score (nSPS) is 13.4. The van der Waals surface area contributed by atoms with Crippen LogP contribution in [0.1, 0.15) is 22.4 Å². The van der Waals surface area contributed by atoms with Gasteiger partial charge in [0.05, 0.1) is 19.9 Å². The van der Waals surface area contributed by atoms with Crippen LogP contribution in [0.4, 0.5) is 10.6 Å². The lowest BCUT2D eigenvalue weighted by molar-refractivity contribution is 0.242. The Morgan fingerprint density at radius 1 is 1.10 bits per heavy atom. The smallest absolute Gasteiger partial charge is 0.320 e. The molecule has 3 N–H and O–H groups in total. The number of hydrogen-bond donors (Lipinski definition) is 3. The number of carbonyl (C=O) groups is 1. The molecule has 0 spiro atoms. The van der Waals surface area contributed by atoms with Gasteiger partial charge < -0.3 is 14.8 Å². The van der Waals surface area contributed by atoms with Gasteiger partial charge in [-0.15, -0.1) is 0 Å². The number of rotatable bonds is 7. The number of methoxy groups -OCH3 is 2. The average molecular weight is 422 g/mol. The van der Waals surface area contributed by atoms with Crippen molar-refractivity contribution in [2.24, 2.45) is 0 Å². The molecule has 3 aromatic rings. The minimum Gasteiger partial charge on any atom is -0.493 e. The van der Waals surface area contributed by atoms with E-state index in [1.807, 2.05) is 24.3 Å². The standard InChI is InChI=1S/C23H27N5O3/c1-30-20-9-8-17(12-21(20)31-2)13-24-23(29)25-22-18-10-11-28(15-19(18)26-27-22)14-16-6-4-3-5-7-16/h3-9,12H,10-11,13-15H2,1-2H3,(H3,24,25,26,27,29). The van der Waals surface area contributed by atoms with Gasteiger partial charge in [0.2, 0.25) is 0 Å². The lowest BCUT2D eigenvalue weighted by atomic mass is 10.1. The molecule has 0 atom stereocenters. The van der Waals surface area contributed by atoms with E-state index < -0.39 is 0 Å². The van der Waals surface area contributed by atoms with Gasteiger partial charge >= 0.3 is 6.03 Å². The number of fused-ring (bicyclic) bond motifs is 1. The first kappa shape index (κ1) is 20.7. The molecular weight excluding hydrogens is 394 g/mol. The largest absolute Gasteiger partial charge is 0.493 e. The molecule has 0 saturated carbocycles. The number of anilines is 1. The number of nitrogens with one attached hydrogen (secondary N) is 3. The number of aromatic amines is 1. The van der Waals surface area contributed by atoms with Gasteiger partial charge in [0, 0.05) is 31.7 Å². The summed E-state index contributed by atoms with van der Waals surface area (Å²) < 4.78 is 10.5. The Bertz CT molecular complexity index is 1030. The van der Waals surface area contributed by atoms with E-state index in [9.17, 15) is 4.79 Å².